The first-order chi connectivity index (χ1) is 10.7. The predicted molar refractivity (Wildman–Crippen MR) is 84.1 cm³/mol. The van der Waals surface area contributed by atoms with Gasteiger partial charge >= 0.3 is 0 Å². The van der Waals surface area contributed by atoms with Crippen molar-refractivity contribution in [1.29, 1.82) is 0 Å². The van der Waals surface area contributed by atoms with Crippen LogP contribution < -0.4 is 15.8 Å². The van der Waals surface area contributed by atoms with Crippen LogP contribution in [0.4, 0.5) is 5.69 Å². The van der Waals surface area contributed by atoms with E-state index in [4.69, 9.17) is 10.5 Å². The molecule has 0 unspecified atom stereocenters. The highest BCUT2D eigenvalue weighted by atomic mass is 32.2. The molecule has 2 rings (SSSR count). The Balaban J connectivity index is 2.31. The molecule has 0 fully saturated rings. The molecule has 23 heavy (non-hydrogen) atoms. The van der Waals surface area contributed by atoms with Gasteiger partial charge in [-0.1, -0.05) is 0 Å². The molecule has 122 valence electrons. The fourth-order valence-electron chi connectivity index (χ4n) is 1.89. The molecule has 1 aromatic heterocycles. The van der Waals surface area contributed by atoms with Gasteiger partial charge in [0.1, 0.15) is 5.75 Å². The lowest BCUT2D eigenvalue weighted by molar-refractivity contribution is 0.1000. The molecule has 0 aliphatic rings. The third kappa shape index (κ3) is 3.69. The molecule has 0 aliphatic carbocycles. The first kappa shape index (κ1) is 16.6. The summed E-state index contributed by atoms with van der Waals surface area (Å²) in [6.07, 6.45) is 3.61. The largest absolute Gasteiger partial charge is 0.496 e. The van der Waals surface area contributed by atoms with Crippen LogP contribution in [0.3, 0.4) is 0 Å². The summed E-state index contributed by atoms with van der Waals surface area (Å²) >= 11 is 0. The second-order valence-electron chi connectivity index (χ2n) is 4.73. The third-order valence-corrected chi connectivity index (χ3v) is 4.03. The predicted octanol–water partition coefficient (Wildman–Crippen LogP) is 0.656. The van der Waals surface area contributed by atoms with Crippen LogP contribution >= 0.6 is 0 Å². The summed E-state index contributed by atoms with van der Waals surface area (Å²) in [5.41, 5.74) is 5.75. The lowest BCUT2D eigenvalue weighted by Crippen LogP contribution is -2.16. The Morgan fingerprint density at radius 1 is 1.26 bits per heavy atom. The second-order valence-corrected chi connectivity index (χ2v) is 6.61. The van der Waals surface area contributed by atoms with E-state index in [0.717, 1.165) is 10.2 Å². The highest BCUT2D eigenvalue weighted by Gasteiger charge is 2.16. The number of amides is 2. The SMILES string of the molecule is COc1ccc(C(N)=O)cc1C(=O)Nc1ccn(S(C)(=O)=O)c1. The van der Waals surface area contributed by atoms with E-state index in [9.17, 15) is 18.0 Å². The van der Waals surface area contributed by atoms with E-state index in [-0.39, 0.29) is 22.6 Å². The van der Waals surface area contributed by atoms with Gasteiger partial charge in [-0.2, -0.15) is 0 Å². The highest BCUT2D eigenvalue weighted by Crippen LogP contribution is 2.21. The molecular formula is C14H15N3O5S. The van der Waals surface area contributed by atoms with Gasteiger partial charge in [0, 0.05) is 18.0 Å². The molecular weight excluding hydrogens is 322 g/mol. The van der Waals surface area contributed by atoms with Gasteiger partial charge in [-0.15, -0.1) is 0 Å². The summed E-state index contributed by atoms with van der Waals surface area (Å²) in [4.78, 5) is 23.6. The third-order valence-electron chi connectivity index (χ3n) is 3.04. The lowest BCUT2D eigenvalue weighted by Gasteiger charge is -2.09. The molecule has 0 saturated heterocycles. The number of rotatable bonds is 5. The molecule has 0 atom stereocenters. The summed E-state index contributed by atoms with van der Waals surface area (Å²) in [7, 11) is -2.05. The lowest BCUT2D eigenvalue weighted by atomic mass is 10.1. The number of nitrogens with two attached hydrogens (primary N) is 1. The van der Waals surface area contributed by atoms with Gasteiger partial charge in [-0.25, -0.2) is 8.42 Å². The van der Waals surface area contributed by atoms with Crippen molar-refractivity contribution in [2.45, 2.75) is 0 Å². The quantitative estimate of drug-likeness (QED) is 0.830. The van der Waals surface area contributed by atoms with Gasteiger partial charge in [0.25, 0.3) is 5.91 Å². The van der Waals surface area contributed by atoms with Crippen LogP contribution in [0.2, 0.25) is 0 Å². The van der Waals surface area contributed by atoms with E-state index in [1.54, 1.807) is 0 Å². The van der Waals surface area contributed by atoms with Gasteiger partial charge in [-0.05, 0) is 24.3 Å². The summed E-state index contributed by atoms with van der Waals surface area (Å²) in [6.45, 7) is 0. The van der Waals surface area contributed by atoms with Gasteiger partial charge in [0.15, 0.2) is 0 Å². The van der Waals surface area contributed by atoms with Crippen LogP contribution in [0.1, 0.15) is 20.7 Å². The average molecular weight is 337 g/mol. The normalized spacial score (nSPS) is 11.0. The van der Waals surface area contributed by atoms with E-state index >= 15 is 0 Å². The van der Waals surface area contributed by atoms with Crippen LogP contribution in [0.15, 0.2) is 36.7 Å². The van der Waals surface area contributed by atoms with E-state index in [2.05, 4.69) is 5.32 Å². The number of benzene rings is 1. The minimum absolute atomic E-state index is 0.107. The fourth-order valence-corrected chi connectivity index (χ4v) is 2.48. The van der Waals surface area contributed by atoms with Crippen LogP contribution in [0, 0.1) is 0 Å². The number of aromatic nitrogens is 1. The Morgan fingerprint density at radius 2 is 1.96 bits per heavy atom. The smallest absolute Gasteiger partial charge is 0.259 e. The maximum Gasteiger partial charge on any atom is 0.259 e. The van der Waals surface area contributed by atoms with Crippen molar-refractivity contribution in [3.8, 4) is 5.75 Å². The van der Waals surface area contributed by atoms with Crippen LogP contribution in [-0.4, -0.2) is 37.6 Å². The summed E-state index contributed by atoms with van der Waals surface area (Å²) in [6, 6.07) is 5.64. The molecule has 0 saturated carbocycles. The molecule has 0 spiro atoms. The Bertz CT molecular complexity index is 870. The number of carbonyl (C=O) groups excluding carboxylic acids is 2. The summed E-state index contributed by atoms with van der Waals surface area (Å²) < 4.78 is 28.9. The Morgan fingerprint density at radius 3 is 2.48 bits per heavy atom. The van der Waals surface area contributed by atoms with Crippen LogP contribution in [-0.2, 0) is 10.0 Å². The Labute approximate surface area is 132 Å². The molecule has 1 heterocycles. The van der Waals surface area contributed by atoms with Crippen molar-refractivity contribution < 1.29 is 22.7 Å². The summed E-state index contributed by atoms with van der Waals surface area (Å²) in [5, 5.41) is 2.54. The standard InChI is InChI=1S/C14H15N3O5S/c1-22-12-4-3-9(13(15)18)7-11(12)14(19)16-10-5-6-17(8-10)23(2,20)21/h3-8H,1-2H3,(H2,15,18)(H,16,19). The maximum absolute atomic E-state index is 12.3. The molecule has 9 heteroatoms. The molecule has 8 nitrogen and oxygen atoms in total. The average Bonchev–Trinajstić information content (AvgIpc) is 2.95. The van der Waals surface area contributed by atoms with Gasteiger partial charge in [-0.3, -0.25) is 13.6 Å². The number of nitrogens with one attached hydrogen (secondary N) is 1. The van der Waals surface area contributed by atoms with Crippen molar-refractivity contribution in [1.82, 2.24) is 3.97 Å². The van der Waals surface area contributed by atoms with Crippen molar-refractivity contribution in [3.63, 3.8) is 0 Å². The van der Waals surface area contributed by atoms with Gasteiger partial charge in [0.05, 0.1) is 24.6 Å². The molecule has 0 aliphatic heterocycles. The Hall–Kier alpha value is -2.81. The number of methoxy groups -OCH3 is 1. The van der Waals surface area contributed by atoms with Crippen molar-refractivity contribution in [3.05, 3.63) is 47.8 Å². The number of hydrogen-bond donors (Lipinski definition) is 2. The zero-order valence-corrected chi connectivity index (χ0v) is 13.3. The Kier molecular flexibility index (Phi) is 4.41. The molecule has 0 bridgehead atoms. The molecule has 2 amide bonds. The van der Waals surface area contributed by atoms with Crippen molar-refractivity contribution in [2.75, 3.05) is 18.7 Å². The molecule has 2 aromatic rings. The van der Waals surface area contributed by atoms with Gasteiger partial charge in [0.2, 0.25) is 15.9 Å². The van der Waals surface area contributed by atoms with Crippen LogP contribution in [0.25, 0.3) is 0 Å². The topological polar surface area (TPSA) is 120 Å². The molecule has 3 N–H and O–H groups in total. The van der Waals surface area contributed by atoms with Gasteiger partial charge < -0.3 is 15.8 Å². The number of anilines is 1. The highest BCUT2D eigenvalue weighted by molar-refractivity contribution is 7.89. The first-order valence-corrected chi connectivity index (χ1v) is 8.25. The zero-order valence-electron chi connectivity index (χ0n) is 12.4. The number of carbonyl (C=O) groups is 2. The number of hydrogen-bond acceptors (Lipinski definition) is 5. The minimum atomic E-state index is -3.43. The fraction of sp³-hybridized carbons (Fsp3) is 0.143. The maximum atomic E-state index is 12.3. The monoisotopic (exact) mass is 337 g/mol. The van der Waals surface area contributed by atoms with E-state index in [1.807, 2.05) is 0 Å². The minimum Gasteiger partial charge on any atom is -0.496 e. The number of nitrogens with zero attached hydrogens (tertiary/aromatic N) is 1. The van der Waals surface area contributed by atoms with E-state index in [0.29, 0.717) is 0 Å². The number of ether oxygens (including phenoxy) is 1. The van der Waals surface area contributed by atoms with E-state index < -0.39 is 21.8 Å². The van der Waals surface area contributed by atoms with Crippen LogP contribution in [0.5, 0.6) is 5.75 Å². The molecule has 1 aromatic carbocycles. The first-order valence-electron chi connectivity index (χ1n) is 6.40. The van der Waals surface area contributed by atoms with E-state index in [1.165, 1.54) is 43.8 Å². The second kappa shape index (κ2) is 6.13. The number of primary amides is 1. The summed E-state index contributed by atoms with van der Waals surface area (Å²) in [5.74, 6) is -0.976. The zero-order chi connectivity index (χ0) is 17.2. The van der Waals surface area contributed by atoms with Crippen molar-refractivity contribution >= 4 is 27.5 Å². The molecule has 0 radical (unpaired) electrons. The van der Waals surface area contributed by atoms with Crippen molar-refractivity contribution in [2.24, 2.45) is 5.73 Å².